The van der Waals surface area contributed by atoms with Gasteiger partial charge in [0.1, 0.15) is 17.2 Å². The highest BCUT2D eigenvalue weighted by molar-refractivity contribution is 5.92. The Morgan fingerprint density at radius 3 is 1.78 bits per heavy atom. The molecule has 2 N–H and O–H groups in total. The third-order valence-electron chi connectivity index (χ3n) is 5.74. The standard InChI is InChI=1S/C28H33N3O5/c1-5-31(18-26(32)29-22-7-6-8-25(17-22)36-4)19-27(33)30-28(20-9-13-23(34-2)14-10-20)21-11-15-24(35-3)16-12-21/h6-17,28H,5,18-19H2,1-4H3,(H,29,32)(H,30,33). The van der Waals surface area contributed by atoms with Gasteiger partial charge >= 0.3 is 0 Å². The van der Waals surface area contributed by atoms with Gasteiger partial charge in [0.15, 0.2) is 0 Å². The first-order valence-corrected chi connectivity index (χ1v) is 11.7. The summed E-state index contributed by atoms with van der Waals surface area (Å²) in [5, 5.41) is 5.97. The van der Waals surface area contributed by atoms with Crippen LogP contribution in [-0.2, 0) is 9.59 Å². The van der Waals surface area contributed by atoms with Crippen molar-refractivity contribution in [3.63, 3.8) is 0 Å². The lowest BCUT2D eigenvalue weighted by atomic mass is 9.98. The molecule has 0 radical (unpaired) electrons. The summed E-state index contributed by atoms with van der Waals surface area (Å²) < 4.78 is 15.7. The van der Waals surface area contributed by atoms with Crippen molar-refractivity contribution >= 4 is 17.5 Å². The highest BCUT2D eigenvalue weighted by Crippen LogP contribution is 2.26. The van der Waals surface area contributed by atoms with Crippen molar-refractivity contribution in [2.24, 2.45) is 0 Å². The third kappa shape index (κ3) is 7.48. The van der Waals surface area contributed by atoms with E-state index in [2.05, 4.69) is 10.6 Å². The van der Waals surface area contributed by atoms with Crippen LogP contribution >= 0.6 is 0 Å². The molecule has 8 nitrogen and oxygen atoms in total. The Morgan fingerprint density at radius 1 is 0.750 bits per heavy atom. The highest BCUT2D eigenvalue weighted by atomic mass is 16.5. The lowest BCUT2D eigenvalue weighted by Crippen LogP contribution is -2.42. The number of ether oxygens (including phenoxy) is 3. The van der Waals surface area contributed by atoms with Crippen molar-refractivity contribution in [3.05, 3.63) is 83.9 Å². The highest BCUT2D eigenvalue weighted by Gasteiger charge is 2.20. The minimum Gasteiger partial charge on any atom is -0.497 e. The molecule has 0 aromatic heterocycles. The molecule has 3 aromatic carbocycles. The van der Waals surface area contributed by atoms with Crippen molar-refractivity contribution in [1.29, 1.82) is 0 Å². The van der Waals surface area contributed by atoms with E-state index in [1.165, 1.54) is 0 Å². The number of carbonyl (C=O) groups is 2. The van der Waals surface area contributed by atoms with Crippen molar-refractivity contribution in [2.75, 3.05) is 46.3 Å². The number of carbonyl (C=O) groups excluding carboxylic acids is 2. The Kier molecular flexibility index (Phi) is 9.71. The molecule has 36 heavy (non-hydrogen) atoms. The normalized spacial score (nSPS) is 10.7. The zero-order chi connectivity index (χ0) is 25.9. The fourth-order valence-corrected chi connectivity index (χ4v) is 3.75. The molecular weight excluding hydrogens is 458 g/mol. The second-order valence-corrected chi connectivity index (χ2v) is 8.13. The van der Waals surface area contributed by atoms with Crippen molar-refractivity contribution in [2.45, 2.75) is 13.0 Å². The van der Waals surface area contributed by atoms with Crippen LogP contribution in [0.15, 0.2) is 72.8 Å². The number of amides is 2. The van der Waals surface area contributed by atoms with Crippen LogP contribution in [0.5, 0.6) is 17.2 Å². The molecule has 0 bridgehead atoms. The Hall–Kier alpha value is -4.04. The molecule has 0 atom stereocenters. The van der Waals surface area contributed by atoms with E-state index >= 15 is 0 Å². The van der Waals surface area contributed by atoms with Crippen LogP contribution < -0.4 is 24.8 Å². The molecule has 8 heteroatoms. The third-order valence-corrected chi connectivity index (χ3v) is 5.74. The number of anilines is 1. The quantitative estimate of drug-likeness (QED) is 0.400. The van der Waals surface area contributed by atoms with Crippen LogP contribution in [0, 0.1) is 0 Å². The Balaban J connectivity index is 1.68. The molecule has 0 saturated carbocycles. The van der Waals surface area contributed by atoms with E-state index in [9.17, 15) is 9.59 Å². The van der Waals surface area contributed by atoms with Crippen molar-refractivity contribution in [3.8, 4) is 17.2 Å². The summed E-state index contributed by atoms with van der Waals surface area (Å²) in [6.45, 7) is 2.60. The van der Waals surface area contributed by atoms with E-state index in [0.29, 0.717) is 18.0 Å². The average Bonchev–Trinajstić information content (AvgIpc) is 2.91. The van der Waals surface area contributed by atoms with Gasteiger partial charge in [-0.1, -0.05) is 37.3 Å². The molecule has 0 spiro atoms. The molecule has 2 amide bonds. The first-order chi connectivity index (χ1) is 17.4. The summed E-state index contributed by atoms with van der Waals surface area (Å²) in [6.07, 6.45) is 0. The molecule has 190 valence electrons. The molecular formula is C28H33N3O5. The molecule has 0 fully saturated rings. The van der Waals surface area contributed by atoms with Crippen LogP contribution in [0.4, 0.5) is 5.69 Å². The predicted octanol–water partition coefficient (Wildman–Crippen LogP) is 3.88. The summed E-state index contributed by atoms with van der Waals surface area (Å²) in [4.78, 5) is 27.5. The number of methoxy groups -OCH3 is 3. The van der Waals surface area contributed by atoms with Gasteiger partial charge in [-0.05, 0) is 54.1 Å². The van der Waals surface area contributed by atoms with Crippen LogP contribution in [-0.4, -0.2) is 57.7 Å². The van der Waals surface area contributed by atoms with Gasteiger partial charge in [0.2, 0.25) is 11.8 Å². The maximum Gasteiger partial charge on any atom is 0.238 e. The summed E-state index contributed by atoms with van der Waals surface area (Å²) in [6, 6.07) is 21.9. The first-order valence-electron chi connectivity index (χ1n) is 11.7. The zero-order valence-electron chi connectivity index (χ0n) is 21.1. The molecule has 3 rings (SSSR count). The van der Waals surface area contributed by atoms with E-state index in [1.807, 2.05) is 55.5 Å². The largest absolute Gasteiger partial charge is 0.497 e. The van der Waals surface area contributed by atoms with Gasteiger partial charge in [0.25, 0.3) is 0 Å². The summed E-state index contributed by atoms with van der Waals surface area (Å²) >= 11 is 0. The van der Waals surface area contributed by atoms with Gasteiger partial charge in [-0.25, -0.2) is 0 Å². The monoisotopic (exact) mass is 491 g/mol. The average molecular weight is 492 g/mol. The number of likely N-dealkylation sites (N-methyl/N-ethyl adjacent to an activating group) is 1. The van der Waals surface area contributed by atoms with Gasteiger partial charge < -0.3 is 24.8 Å². The summed E-state index contributed by atoms with van der Waals surface area (Å²) in [5.41, 5.74) is 2.46. The Bertz CT molecular complexity index is 1090. The van der Waals surface area contributed by atoms with Crippen LogP contribution in [0.25, 0.3) is 0 Å². The molecule has 0 aliphatic carbocycles. The molecule has 3 aromatic rings. The molecule has 0 aliphatic heterocycles. The van der Waals surface area contributed by atoms with Crippen LogP contribution in [0.2, 0.25) is 0 Å². The van der Waals surface area contributed by atoms with Crippen molar-refractivity contribution < 1.29 is 23.8 Å². The van der Waals surface area contributed by atoms with Crippen LogP contribution in [0.1, 0.15) is 24.1 Å². The van der Waals surface area contributed by atoms with Gasteiger partial charge in [-0.2, -0.15) is 0 Å². The molecule has 0 heterocycles. The SMILES string of the molecule is CCN(CC(=O)Nc1cccc(OC)c1)CC(=O)NC(c1ccc(OC)cc1)c1ccc(OC)cc1. The minimum absolute atomic E-state index is 0.0742. The second-order valence-electron chi connectivity index (χ2n) is 8.13. The van der Waals surface area contributed by atoms with E-state index in [0.717, 1.165) is 22.6 Å². The Morgan fingerprint density at radius 2 is 1.28 bits per heavy atom. The smallest absolute Gasteiger partial charge is 0.238 e. The Labute approximate surface area is 212 Å². The lowest BCUT2D eigenvalue weighted by molar-refractivity contribution is -0.123. The number of benzene rings is 3. The number of hydrogen-bond donors (Lipinski definition) is 2. The maximum absolute atomic E-state index is 13.1. The lowest BCUT2D eigenvalue weighted by Gasteiger charge is -2.24. The van der Waals surface area contributed by atoms with E-state index in [4.69, 9.17) is 14.2 Å². The summed E-state index contributed by atoms with van der Waals surface area (Å²) in [5.74, 6) is 1.72. The molecule has 0 unspecified atom stereocenters. The number of nitrogens with one attached hydrogen (secondary N) is 2. The number of nitrogens with zero attached hydrogens (tertiary/aromatic N) is 1. The van der Waals surface area contributed by atoms with E-state index in [-0.39, 0.29) is 30.9 Å². The van der Waals surface area contributed by atoms with Gasteiger partial charge in [0.05, 0.1) is 40.5 Å². The van der Waals surface area contributed by atoms with Crippen molar-refractivity contribution in [1.82, 2.24) is 10.2 Å². The maximum atomic E-state index is 13.1. The van der Waals surface area contributed by atoms with Gasteiger partial charge in [-0.3, -0.25) is 14.5 Å². The fraction of sp³-hybridized carbons (Fsp3) is 0.286. The zero-order valence-corrected chi connectivity index (χ0v) is 21.1. The summed E-state index contributed by atoms with van der Waals surface area (Å²) in [7, 11) is 4.80. The van der Waals surface area contributed by atoms with E-state index < -0.39 is 0 Å². The van der Waals surface area contributed by atoms with E-state index in [1.54, 1.807) is 50.5 Å². The fourth-order valence-electron chi connectivity index (χ4n) is 3.75. The number of hydrogen-bond acceptors (Lipinski definition) is 6. The van der Waals surface area contributed by atoms with Crippen LogP contribution in [0.3, 0.4) is 0 Å². The minimum atomic E-state index is -0.376. The predicted molar refractivity (Wildman–Crippen MR) is 140 cm³/mol. The van der Waals surface area contributed by atoms with Gasteiger partial charge in [0, 0.05) is 11.8 Å². The molecule has 0 saturated heterocycles. The first kappa shape index (κ1) is 26.6. The van der Waals surface area contributed by atoms with Gasteiger partial charge in [-0.15, -0.1) is 0 Å². The molecule has 0 aliphatic rings. The second kappa shape index (κ2) is 13.2. The number of rotatable bonds is 12. The topological polar surface area (TPSA) is 89.1 Å².